The van der Waals surface area contributed by atoms with Gasteiger partial charge in [-0.1, -0.05) is 48.5 Å². The SMILES string of the molecule is C1=C(N(c2ccccc2)c2ccc3c(c2)CCc2cc(N(c4ccccc4)c4cccs4)ccc2-3)SC2CC12. The second-order valence-electron chi connectivity index (χ2n) is 10.5. The molecule has 0 radical (unpaired) electrons. The quantitative estimate of drug-likeness (QED) is 0.212. The third kappa shape index (κ3) is 4.19. The summed E-state index contributed by atoms with van der Waals surface area (Å²) in [4.78, 5) is 4.84. The van der Waals surface area contributed by atoms with E-state index in [1.165, 1.54) is 61.5 Å². The van der Waals surface area contributed by atoms with Gasteiger partial charge in [0, 0.05) is 28.0 Å². The molecule has 8 rings (SSSR count). The van der Waals surface area contributed by atoms with Gasteiger partial charge in [-0.05, 0) is 120 Å². The maximum Gasteiger partial charge on any atom is 0.0999 e. The van der Waals surface area contributed by atoms with Gasteiger partial charge in [0.25, 0.3) is 0 Å². The number of allylic oxidation sites excluding steroid dienone is 1. The van der Waals surface area contributed by atoms with E-state index in [9.17, 15) is 0 Å². The third-order valence-electron chi connectivity index (χ3n) is 8.03. The number of hydrogen-bond donors (Lipinski definition) is 0. The first-order valence-corrected chi connectivity index (χ1v) is 15.5. The number of aryl methyl sites for hydroxylation is 2. The highest BCUT2D eigenvalue weighted by Crippen LogP contribution is 2.55. The fourth-order valence-electron chi connectivity index (χ4n) is 6.01. The van der Waals surface area contributed by atoms with Crippen LogP contribution in [0.4, 0.5) is 27.8 Å². The first-order valence-electron chi connectivity index (χ1n) is 13.7. The number of thiophene rings is 1. The van der Waals surface area contributed by atoms with Crippen molar-refractivity contribution < 1.29 is 0 Å². The second-order valence-corrected chi connectivity index (χ2v) is 12.7. The number of fused-ring (bicyclic) bond motifs is 4. The summed E-state index contributed by atoms with van der Waals surface area (Å²) >= 11 is 3.82. The lowest BCUT2D eigenvalue weighted by atomic mass is 9.85. The summed E-state index contributed by atoms with van der Waals surface area (Å²) in [5.41, 5.74) is 10.5. The van der Waals surface area contributed by atoms with E-state index in [0.717, 1.165) is 24.0 Å². The molecule has 1 saturated carbocycles. The number of benzene rings is 4. The maximum absolute atomic E-state index is 2.49. The molecular formula is C35H28N2S2. The van der Waals surface area contributed by atoms with Crippen LogP contribution in [-0.2, 0) is 12.8 Å². The molecule has 1 fully saturated rings. The van der Waals surface area contributed by atoms with E-state index in [4.69, 9.17) is 0 Å². The molecule has 39 heavy (non-hydrogen) atoms. The Hall–Kier alpha value is -3.73. The van der Waals surface area contributed by atoms with Crippen LogP contribution in [0.5, 0.6) is 0 Å². The van der Waals surface area contributed by atoms with Crippen LogP contribution >= 0.6 is 23.1 Å². The van der Waals surface area contributed by atoms with Gasteiger partial charge >= 0.3 is 0 Å². The van der Waals surface area contributed by atoms with E-state index in [0.29, 0.717) is 0 Å². The van der Waals surface area contributed by atoms with Gasteiger partial charge < -0.3 is 9.80 Å². The van der Waals surface area contributed by atoms with Crippen molar-refractivity contribution in [3.05, 3.63) is 137 Å². The highest BCUT2D eigenvalue weighted by Gasteiger charge is 2.43. The maximum atomic E-state index is 2.49. The molecule has 2 atom stereocenters. The average Bonchev–Trinajstić information content (AvgIpc) is 3.32. The molecule has 4 heteroatoms. The van der Waals surface area contributed by atoms with Crippen molar-refractivity contribution in [1.29, 1.82) is 0 Å². The van der Waals surface area contributed by atoms with Crippen LogP contribution in [0.15, 0.2) is 126 Å². The van der Waals surface area contributed by atoms with Crippen molar-refractivity contribution in [2.75, 3.05) is 9.80 Å². The van der Waals surface area contributed by atoms with Crippen molar-refractivity contribution in [3.63, 3.8) is 0 Å². The van der Waals surface area contributed by atoms with Gasteiger partial charge in [0.1, 0.15) is 0 Å². The van der Waals surface area contributed by atoms with Crippen LogP contribution in [0, 0.1) is 5.92 Å². The summed E-state index contributed by atoms with van der Waals surface area (Å²) in [6.07, 6.45) is 5.95. The lowest BCUT2D eigenvalue weighted by Gasteiger charge is -2.29. The van der Waals surface area contributed by atoms with Gasteiger partial charge in [0.2, 0.25) is 0 Å². The summed E-state index contributed by atoms with van der Waals surface area (Å²) in [5, 5.41) is 5.56. The molecule has 3 aliphatic rings. The van der Waals surface area contributed by atoms with Crippen LogP contribution in [0.25, 0.3) is 11.1 Å². The molecule has 0 bridgehead atoms. The Balaban J connectivity index is 1.17. The third-order valence-corrected chi connectivity index (χ3v) is 10.3. The number of hydrogen-bond acceptors (Lipinski definition) is 4. The van der Waals surface area contributed by atoms with Crippen LogP contribution in [0.1, 0.15) is 17.5 Å². The molecule has 2 unspecified atom stereocenters. The van der Waals surface area contributed by atoms with Gasteiger partial charge in [-0.2, -0.15) is 0 Å². The smallest absolute Gasteiger partial charge is 0.0999 e. The Morgan fingerprint density at radius 2 is 1.21 bits per heavy atom. The zero-order chi connectivity index (χ0) is 25.8. The zero-order valence-corrected chi connectivity index (χ0v) is 23.2. The largest absolute Gasteiger partial charge is 0.305 e. The van der Waals surface area contributed by atoms with Gasteiger partial charge in [0.05, 0.1) is 10.0 Å². The van der Waals surface area contributed by atoms with Gasteiger partial charge in [-0.15, -0.1) is 23.1 Å². The first kappa shape index (κ1) is 23.2. The molecular weight excluding hydrogens is 513 g/mol. The van der Waals surface area contributed by atoms with E-state index in [1.54, 1.807) is 11.3 Å². The summed E-state index contributed by atoms with van der Waals surface area (Å²) in [6, 6.07) is 40.0. The molecule has 5 aromatic rings. The summed E-state index contributed by atoms with van der Waals surface area (Å²) < 4.78 is 0. The van der Waals surface area contributed by atoms with E-state index in [2.05, 4.69) is 130 Å². The molecule has 2 heterocycles. The first-order chi connectivity index (χ1) is 19.3. The highest BCUT2D eigenvalue weighted by atomic mass is 32.2. The molecule has 2 aliphatic carbocycles. The zero-order valence-electron chi connectivity index (χ0n) is 21.5. The monoisotopic (exact) mass is 540 g/mol. The highest BCUT2D eigenvalue weighted by molar-refractivity contribution is 8.04. The van der Waals surface area contributed by atoms with Gasteiger partial charge in [-0.3, -0.25) is 0 Å². The molecule has 2 nitrogen and oxygen atoms in total. The van der Waals surface area contributed by atoms with Crippen LogP contribution in [0.3, 0.4) is 0 Å². The molecule has 4 aromatic carbocycles. The Kier molecular flexibility index (Phi) is 5.63. The van der Waals surface area contributed by atoms with Crippen LogP contribution < -0.4 is 9.80 Å². The molecule has 190 valence electrons. The Morgan fingerprint density at radius 3 is 1.77 bits per heavy atom. The second kappa shape index (κ2) is 9.48. The van der Waals surface area contributed by atoms with Crippen molar-refractivity contribution >= 4 is 50.8 Å². The standard InChI is InChI=1S/C35H28N2S2/c1-3-8-27(9-4-1)36(34-12-7-19-38-34)29-15-17-31-24(20-29)13-14-25-21-30(16-18-32(25)31)37(28-10-5-2-6-11-28)35-23-26-22-33(26)39-35/h1-12,15-21,23,26,33H,13-14,22H2. The van der Waals surface area contributed by atoms with Crippen molar-refractivity contribution in [3.8, 4) is 11.1 Å². The van der Waals surface area contributed by atoms with Crippen molar-refractivity contribution in [2.24, 2.45) is 5.92 Å². The van der Waals surface area contributed by atoms with Crippen LogP contribution in [-0.4, -0.2) is 5.25 Å². The predicted molar refractivity (Wildman–Crippen MR) is 168 cm³/mol. The number of anilines is 5. The fourth-order valence-corrected chi connectivity index (χ4v) is 8.23. The minimum absolute atomic E-state index is 0.763. The Morgan fingerprint density at radius 1 is 0.590 bits per heavy atom. The van der Waals surface area contributed by atoms with Crippen molar-refractivity contribution in [1.82, 2.24) is 0 Å². The molecule has 0 N–H and O–H groups in total. The molecule has 0 amide bonds. The molecule has 1 aromatic heterocycles. The van der Waals surface area contributed by atoms with E-state index < -0.39 is 0 Å². The number of thioether (sulfide) groups is 1. The van der Waals surface area contributed by atoms with E-state index >= 15 is 0 Å². The Bertz CT molecular complexity index is 1680. The van der Waals surface area contributed by atoms with Gasteiger partial charge in [0.15, 0.2) is 0 Å². The Labute approximate surface area is 238 Å². The lowest BCUT2D eigenvalue weighted by Crippen LogP contribution is -2.15. The number of nitrogens with zero attached hydrogens (tertiary/aromatic N) is 2. The van der Waals surface area contributed by atoms with Gasteiger partial charge in [-0.25, -0.2) is 0 Å². The van der Waals surface area contributed by atoms with Crippen molar-refractivity contribution in [2.45, 2.75) is 24.5 Å². The minimum atomic E-state index is 0.763. The van der Waals surface area contributed by atoms with E-state index in [1.807, 2.05) is 11.8 Å². The molecule has 0 spiro atoms. The summed E-state index contributed by atoms with van der Waals surface area (Å²) in [5.74, 6) is 0.763. The lowest BCUT2D eigenvalue weighted by molar-refractivity contribution is 0.940. The normalized spacial score (nSPS) is 18.5. The van der Waals surface area contributed by atoms with E-state index in [-0.39, 0.29) is 0 Å². The minimum Gasteiger partial charge on any atom is -0.305 e. The topological polar surface area (TPSA) is 6.48 Å². The summed E-state index contributed by atoms with van der Waals surface area (Å²) in [7, 11) is 0. The van der Waals surface area contributed by atoms with Crippen LogP contribution in [0.2, 0.25) is 0 Å². The predicted octanol–water partition coefficient (Wildman–Crippen LogP) is 10.1. The number of rotatable bonds is 6. The average molecular weight is 541 g/mol. The fraction of sp³-hybridized carbons (Fsp3) is 0.143. The molecule has 0 saturated heterocycles. The number of para-hydroxylation sites is 2. The molecule has 1 aliphatic heterocycles. The summed E-state index contributed by atoms with van der Waals surface area (Å²) in [6.45, 7) is 0.